The van der Waals surface area contributed by atoms with E-state index in [1.165, 1.54) is 11.3 Å². The second kappa shape index (κ2) is 3.59. The first-order valence-electron chi connectivity index (χ1n) is 4.16. The summed E-state index contributed by atoms with van der Waals surface area (Å²) >= 11 is 0. The molecule has 0 spiro atoms. The van der Waals surface area contributed by atoms with Gasteiger partial charge in [0.1, 0.15) is 0 Å². The van der Waals surface area contributed by atoms with Crippen LogP contribution in [0, 0.1) is 0 Å². The fourth-order valence-electron chi connectivity index (χ4n) is 0.989. The van der Waals surface area contributed by atoms with E-state index >= 15 is 0 Å². The van der Waals surface area contributed by atoms with Gasteiger partial charge in [0.15, 0.2) is 0 Å². The third-order valence-electron chi connectivity index (χ3n) is 2.08. The van der Waals surface area contributed by atoms with Gasteiger partial charge in [-0.05, 0) is 32.1 Å². The lowest BCUT2D eigenvalue weighted by Gasteiger charge is -2.05. The first kappa shape index (κ1) is 9.07. The molecule has 0 saturated carbocycles. The van der Waals surface area contributed by atoms with E-state index in [1.807, 2.05) is 26.2 Å². The number of rotatable bonds is 2. The molecule has 12 heavy (non-hydrogen) atoms. The number of aromatic nitrogens is 1. The van der Waals surface area contributed by atoms with Crippen LogP contribution in [0.15, 0.2) is 23.9 Å². The Bertz CT molecular complexity index is 282. The molecule has 0 aliphatic heterocycles. The Hall–Kier alpha value is -1.02. The van der Waals surface area contributed by atoms with Gasteiger partial charge in [0.2, 0.25) is 0 Å². The van der Waals surface area contributed by atoms with Crippen LogP contribution in [-0.2, 0) is 7.05 Å². The van der Waals surface area contributed by atoms with Crippen LogP contribution in [0.2, 0.25) is 0 Å². The summed E-state index contributed by atoms with van der Waals surface area (Å²) < 4.78 is 2.08. The Kier molecular flexibility index (Phi) is 2.71. The molecule has 1 unspecified atom stereocenters. The van der Waals surface area contributed by atoms with Crippen LogP contribution in [0.25, 0.3) is 6.08 Å². The number of nitrogens with zero attached hydrogens (tertiary/aromatic N) is 1. The highest BCUT2D eigenvalue weighted by atomic mass is 14.9. The highest BCUT2D eigenvalue weighted by Crippen LogP contribution is 2.08. The summed E-state index contributed by atoms with van der Waals surface area (Å²) in [6.45, 7) is 4.05. The Morgan fingerprint density at radius 3 is 2.75 bits per heavy atom. The maximum Gasteiger partial charge on any atom is 0.0404 e. The number of nitrogens with two attached hydrogens (primary N) is 1. The third kappa shape index (κ3) is 1.98. The van der Waals surface area contributed by atoms with Crippen LogP contribution in [0.5, 0.6) is 0 Å². The lowest BCUT2D eigenvalue weighted by molar-refractivity contribution is 0.860. The zero-order valence-corrected chi connectivity index (χ0v) is 7.91. The van der Waals surface area contributed by atoms with Crippen molar-refractivity contribution in [3.05, 3.63) is 29.6 Å². The first-order chi connectivity index (χ1) is 5.61. The summed E-state index contributed by atoms with van der Waals surface area (Å²) in [6.07, 6.45) is 4.14. The van der Waals surface area contributed by atoms with Crippen molar-refractivity contribution >= 4 is 6.08 Å². The molecule has 0 radical (unpaired) electrons. The molecule has 0 bridgehead atoms. The van der Waals surface area contributed by atoms with Crippen LogP contribution in [0.1, 0.15) is 19.5 Å². The zero-order valence-electron chi connectivity index (χ0n) is 7.91. The first-order valence-corrected chi connectivity index (χ1v) is 4.16. The molecule has 0 amide bonds. The molecule has 0 fully saturated rings. The maximum atomic E-state index is 5.73. The van der Waals surface area contributed by atoms with Crippen LogP contribution in [-0.4, -0.2) is 10.6 Å². The molecule has 66 valence electrons. The molecule has 0 aliphatic rings. The minimum absolute atomic E-state index is 0.139. The Morgan fingerprint density at radius 1 is 1.67 bits per heavy atom. The highest BCUT2D eigenvalue weighted by molar-refractivity contribution is 5.50. The standard InChI is InChI=1S/C10H16N2/c1-8(9(2)11)7-10-5-4-6-12(10)3/h4-7,9H,11H2,1-3H3/b8-7+. The van der Waals surface area contributed by atoms with E-state index in [4.69, 9.17) is 5.73 Å². The molecule has 0 aromatic carbocycles. The average molecular weight is 164 g/mol. The lowest BCUT2D eigenvalue weighted by Crippen LogP contribution is -2.15. The normalized spacial score (nSPS) is 14.8. The second-order valence-corrected chi connectivity index (χ2v) is 3.22. The Morgan fingerprint density at radius 2 is 2.33 bits per heavy atom. The molecule has 1 rings (SSSR count). The fourth-order valence-corrected chi connectivity index (χ4v) is 0.989. The molecule has 2 heteroatoms. The number of hydrogen-bond acceptors (Lipinski definition) is 1. The van der Waals surface area contributed by atoms with E-state index < -0.39 is 0 Å². The summed E-state index contributed by atoms with van der Waals surface area (Å²) in [6, 6.07) is 4.24. The minimum Gasteiger partial charge on any atom is -0.351 e. The maximum absolute atomic E-state index is 5.73. The van der Waals surface area contributed by atoms with E-state index in [0.717, 1.165) is 0 Å². The molecule has 0 aliphatic carbocycles. The molecule has 1 aromatic rings. The summed E-state index contributed by atoms with van der Waals surface area (Å²) in [7, 11) is 2.03. The SMILES string of the molecule is C/C(=C\c1cccn1C)C(C)N. The topological polar surface area (TPSA) is 30.9 Å². The smallest absolute Gasteiger partial charge is 0.0404 e. The minimum atomic E-state index is 0.139. The van der Waals surface area contributed by atoms with Crippen molar-refractivity contribution in [2.75, 3.05) is 0 Å². The van der Waals surface area contributed by atoms with Gasteiger partial charge in [-0.15, -0.1) is 0 Å². The molecule has 1 heterocycles. The van der Waals surface area contributed by atoms with Crippen molar-refractivity contribution in [2.45, 2.75) is 19.9 Å². The van der Waals surface area contributed by atoms with Crippen LogP contribution in [0.4, 0.5) is 0 Å². The monoisotopic (exact) mass is 164 g/mol. The van der Waals surface area contributed by atoms with Gasteiger partial charge in [-0.2, -0.15) is 0 Å². The summed E-state index contributed by atoms with van der Waals surface area (Å²) in [5, 5.41) is 0. The van der Waals surface area contributed by atoms with Gasteiger partial charge in [0.05, 0.1) is 0 Å². The van der Waals surface area contributed by atoms with Gasteiger partial charge in [-0.1, -0.05) is 5.57 Å². The van der Waals surface area contributed by atoms with Crippen LogP contribution < -0.4 is 5.73 Å². The van der Waals surface area contributed by atoms with E-state index in [-0.39, 0.29) is 6.04 Å². The van der Waals surface area contributed by atoms with Gasteiger partial charge in [0, 0.05) is 25.0 Å². The van der Waals surface area contributed by atoms with Gasteiger partial charge in [-0.3, -0.25) is 0 Å². The van der Waals surface area contributed by atoms with Crippen LogP contribution >= 0.6 is 0 Å². The van der Waals surface area contributed by atoms with E-state index in [0.29, 0.717) is 0 Å². The fraction of sp³-hybridized carbons (Fsp3) is 0.400. The summed E-state index contributed by atoms with van der Waals surface area (Å²) in [5.41, 5.74) is 8.13. The van der Waals surface area contributed by atoms with Crippen molar-refractivity contribution in [1.29, 1.82) is 0 Å². The Balaban J connectivity index is 2.87. The molecule has 1 aromatic heterocycles. The summed E-state index contributed by atoms with van der Waals surface area (Å²) in [5.74, 6) is 0. The van der Waals surface area contributed by atoms with Crippen LogP contribution in [0.3, 0.4) is 0 Å². The van der Waals surface area contributed by atoms with Gasteiger partial charge < -0.3 is 10.3 Å². The number of hydrogen-bond donors (Lipinski definition) is 1. The zero-order chi connectivity index (χ0) is 9.14. The van der Waals surface area contributed by atoms with Crippen molar-refractivity contribution in [3.63, 3.8) is 0 Å². The van der Waals surface area contributed by atoms with E-state index in [9.17, 15) is 0 Å². The average Bonchev–Trinajstić information content (AvgIpc) is 2.36. The predicted molar refractivity (Wildman–Crippen MR) is 52.7 cm³/mol. The molecular formula is C10H16N2. The molecule has 2 nitrogen and oxygen atoms in total. The number of aryl methyl sites for hydroxylation is 1. The summed E-state index contributed by atoms with van der Waals surface area (Å²) in [4.78, 5) is 0. The molecule has 2 N–H and O–H groups in total. The van der Waals surface area contributed by atoms with Crippen molar-refractivity contribution in [2.24, 2.45) is 12.8 Å². The lowest BCUT2D eigenvalue weighted by atomic mass is 10.1. The van der Waals surface area contributed by atoms with Crippen molar-refractivity contribution in [1.82, 2.24) is 4.57 Å². The van der Waals surface area contributed by atoms with Gasteiger partial charge in [-0.25, -0.2) is 0 Å². The molecular weight excluding hydrogens is 148 g/mol. The van der Waals surface area contributed by atoms with Crippen molar-refractivity contribution < 1.29 is 0 Å². The second-order valence-electron chi connectivity index (χ2n) is 3.22. The highest BCUT2D eigenvalue weighted by Gasteiger charge is 1.98. The quantitative estimate of drug-likeness (QED) is 0.709. The largest absolute Gasteiger partial charge is 0.351 e. The predicted octanol–water partition coefficient (Wildman–Crippen LogP) is 1.78. The van der Waals surface area contributed by atoms with Gasteiger partial charge >= 0.3 is 0 Å². The van der Waals surface area contributed by atoms with E-state index in [1.54, 1.807) is 0 Å². The Labute approximate surface area is 73.7 Å². The van der Waals surface area contributed by atoms with Gasteiger partial charge in [0.25, 0.3) is 0 Å². The molecule has 1 atom stereocenters. The van der Waals surface area contributed by atoms with Crippen molar-refractivity contribution in [3.8, 4) is 0 Å². The van der Waals surface area contributed by atoms with E-state index in [2.05, 4.69) is 23.6 Å². The third-order valence-corrected chi connectivity index (χ3v) is 2.08. The molecule has 0 saturated heterocycles.